The molecular formula is C18H29N5O3. The molecule has 26 heavy (non-hydrogen) atoms. The summed E-state index contributed by atoms with van der Waals surface area (Å²) in [7, 11) is 3.38. The minimum absolute atomic E-state index is 0.0414. The zero-order valence-corrected chi connectivity index (χ0v) is 16.7. The van der Waals surface area contributed by atoms with Crippen LogP contribution in [0, 0.1) is 0 Å². The zero-order valence-electron chi connectivity index (χ0n) is 16.7. The van der Waals surface area contributed by atoms with Gasteiger partial charge in [0.2, 0.25) is 5.95 Å². The van der Waals surface area contributed by atoms with Crippen molar-refractivity contribution in [3.63, 3.8) is 0 Å². The summed E-state index contributed by atoms with van der Waals surface area (Å²) in [5, 5.41) is 0. The number of aromatic nitrogens is 2. The van der Waals surface area contributed by atoms with E-state index in [2.05, 4.69) is 9.97 Å². The molecule has 0 N–H and O–H groups in total. The molecule has 0 bridgehead atoms. The molecule has 8 heteroatoms. The first-order valence-electron chi connectivity index (χ1n) is 8.79. The predicted molar refractivity (Wildman–Crippen MR) is 99.3 cm³/mol. The lowest BCUT2D eigenvalue weighted by Crippen LogP contribution is -2.59. The van der Waals surface area contributed by atoms with E-state index in [0.29, 0.717) is 24.6 Å². The number of nitrogens with zero attached hydrogens (tertiary/aromatic N) is 5. The van der Waals surface area contributed by atoms with E-state index in [1.54, 1.807) is 31.4 Å². The highest BCUT2D eigenvalue weighted by molar-refractivity contribution is 5.93. The number of piperazine rings is 1. The maximum absolute atomic E-state index is 12.5. The first-order valence-corrected chi connectivity index (χ1v) is 8.79. The van der Waals surface area contributed by atoms with Crippen molar-refractivity contribution in [2.24, 2.45) is 0 Å². The van der Waals surface area contributed by atoms with E-state index in [1.807, 2.05) is 39.5 Å². The van der Waals surface area contributed by atoms with E-state index in [4.69, 9.17) is 4.74 Å². The van der Waals surface area contributed by atoms with Gasteiger partial charge in [0.1, 0.15) is 5.60 Å². The number of anilines is 1. The topological polar surface area (TPSA) is 78.9 Å². The molecule has 0 aromatic carbocycles. The number of ether oxygens (including phenoxy) is 1. The van der Waals surface area contributed by atoms with Gasteiger partial charge in [0, 0.05) is 39.6 Å². The smallest absolute Gasteiger partial charge is 0.410 e. The second-order valence-electron chi connectivity index (χ2n) is 7.96. The Morgan fingerprint density at radius 3 is 2.04 bits per heavy atom. The van der Waals surface area contributed by atoms with Crippen LogP contribution in [0.4, 0.5) is 10.7 Å². The second-order valence-corrected chi connectivity index (χ2v) is 7.96. The van der Waals surface area contributed by atoms with Crippen molar-refractivity contribution in [3.05, 3.63) is 18.0 Å². The van der Waals surface area contributed by atoms with Crippen LogP contribution in [0.15, 0.2) is 12.4 Å². The monoisotopic (exact) mass is 363 g/mol. The summed E-state index contributed by atoms with van der Waals surface area (Å²) in [6, 6.07) is -0.0828. The average molecular weight is 363 g/mol. The van der Waals surface area contributed by atoms with Crippen LogP contribution >= 0.6 is 0 Å². The van der Waals surface area contributed by atoms with Crippen molar-refractivity contribution in [1.82, 2.24) is 19.8 Å². The number of carbonyl (C=O) groups excluding carboxylic acids is 2. The van der Waals surface area contributed by atoms with Crippen LogP contribution in [0.3, 0.4) is 0 Å². The Balaban J connectivity index is 2.09. The van der Waals surface area contributed by atoms with Gasteiger partial charge in [0.15, 0.2) is 0 Å². The quantitative estimate of drug-likeness (QED) is 0.800. The molecule has 144 valence electrons. The van der Waals surface area contributed by atoms with Gasteiger partial charge in [-0.1, -0.05) is 0 Å². The molecule has 2 atom stereocenters. The SMILES string of the molecule is C[C@@H]1CN(c2ncc(C(=O)N(C)C)cn2)C[C@H](C)N1C(=O)OC(C)(C)C. The molecule has 1 fully saturated rings. The molecule has 2 rings (SSSR count). The maximum atomic E-state index is 12.5. The normalized spacial score (nSPS) is 20.7. The summed E-state index contributed by atoms with van der Waals surface area (Å²) < 4.78 is 5.52. The lowest BCUT2D eigenvalue weighted by molar-refractivity contribution is 0.00553. The lowest BCUT2D eigenvalue weighted by atomic mass is 10.1. The van der Waals surface area contributed by atoms with E-state index in [-0.39, 0.29) is 24.1 Å². The fourth-order valence-electron chi connectivity index (χ4n) is 3.01. The van der Waals surface area contributed by atoms with Gasteiger partial charge in [-0.15, -0.1) is 0 Å². The van der Waals surface area contributed by atoms with Crippen LogP contribution in [-0.4, -0.2) is 76.6 Å². The van der Waals surface area contributed by atoms with Crippen LogP contribution < -0.4 is 4.90 Å². The average Bonchev–Trinajstić information content (AvgIpc) is 2.51. The minimum Gasteiger partial charge on any atom is -0.444 e. The summed E-state index contributed by atoms with van der Waals surface area (Å²) in [6.45, 7) is 10.8. The van der Waals surface area contributed by atoms with Crippen LogP contribution in [0.2, 0.25) is 0 Å². The first-order chi connectivity index (χ1) is 12.0. The Hall–Kier alpha value is -2.38. The number of carbonyl (C=O) groups is 2. The molecule has 0 spiro atoms. The number of hydrogen-bond donors (Lipinski definition) is 0. The van der Waals surface area contributed by atoms with Gasteiger partial charge in [0.25, 0.3) is 5.91 Å². The fraction of sp³-hybridized carbons (Fsp3) is 0.667. The van der Waals surface area contributed by atoms with Gasteiger partial charge in [-0.2, -0.15) is 0 Å². The summed E-state index contributed by atoms with van der Waals surface area (Å²) in [4.78, 5) is 38.4. The summed E-state index contributed by atoms with van der Waals surface area (Å²) in [6.07, 6.45) is 2.78. The second kappa shape index (κ2) is 7.47. The molecule has 1 aliphatic rings. The largest absolute Gasteiger partial charge is 0.444 e. The summed E-state index contributed by atoms with van der Waals surface area (Å²) in [5.74, 6) is 0.427. The molecule has 2 heterocycles. The number of hydrogen-bond acceptors (Lipinski definition) is 6. The van der Waals surface area contributed by atoms with Gasteiger partial charge in [-0.3, -0.25) is 9.69 Å². The highest BCUT2D eigenvalue weighted by atomic mass is 16.6. The molecule has 1 aromatic rings. The third kappa shape index (κ3) is 4.62. The Kier molecular flexibility index (Phi) is 5.73. The molecule has 0 saturated carbocycles. The molecule has 0 radical (unpaired) electrons. The minimum atomic E-state index is -0.522. The molecular weight excluding hydrogens is 334 g/mol. The molecule has 2 amide bonds. The standard InChI is InChI=1S/C18H29N5O3/c1-12-10-22(11-13(2)23(12)17(25)26-18(3,4)5)16-19-8-14(9-20-16)15(24)21(6)7/h8-9,12-13H,10-11H2,1-7H3/t12-,13+. The molecule has 1 saturated heterocycles. The van der Waals surface area contributed by atoms with Crippen molar-refractivity contribution in [2.75, 3.05) is 32.1 Å². The van der Waals surface area contributed by atoms with Gasteiger partial charge >= 0.3 is 6.09 Å². The van der Waals surface area contributed by atoms with Crippen molar-refractivity contribution in [1.29, 1.82) is 0 Å². The van der Waals surface area contributed by atoms with E-state index < -0.39 is 5.60 Å². The van der Waals surface area contributed by atoms with Gasteiger partial charge in [-0.25, -0.2) is 14.8 Å². The Bertz CT molecular complexity index is 642. The summed E-state index contributed by atoms with van der Waals surface area (Å²) >= 11 is 0. The van der Waals surface area contributed by atoms with Crippen LogP contribution in [-0.2, 0) is 4.74 Å². The molecule has 0 aliphatic carbocycles. The van der Waals surface area contributed by atoms with Gasteiger partial charge in [0.05, 0.1) is 17.6 Å². The maximum Gasteiger partial charge on any atom is 0.410 e. The molecule has 1 aliphatic heterocycles. The Morgan fingerprint density at radius 1 is 1.12 bits per heavy atom. The molecule has 8 nitrogen and oxygen atoms in total. The van der Waals surface area contributed by atoms with E-state index in [0.717, 1.165) is 0 Å². The van der Waals surface area contributed by atoms with Crippen molar-refractivity contribution in [3.8, 4) is 0 Å². The fourth-order valence-corrected chi connectivity index (χ4v) is 3.01. The highest BCUT2D eigenvalue weighted by Crippen LogP contribution is 2.22. The Morgan fingerprint density at radius 2 is 1.62 bits per heavy atom. The van der Waals surface area contributed by atoms with Gasteiger partial charge < -0.3 is 14.5 Å². The zero-order chi connectivity index (χ0) is 19.6. The lowest BCUT2D eigenvalue weighted by Gasteiger charge is -2.44. The third-order valence-corrected chi connectivity index (χ3v) is 4.10. The van der Waals surface area contributed by atoms with Crippen LogP contribution in [0.25, 0.3) is 0 Å². The Labute approximate surface area is 155 Å². The van der Waals surface area contributed by atoms with Crippen molar-refractivity contribution < 1.29 is 14.3 Å². The van der Waals surface area contributed by atoms with Gasteiger partial charge in [-0.05, 0) is 34.6 Å². The van der Waals surface area contributed by atoms with E-state index in [1.165, 1.54) is 4.90 Å². The molecule has 1 aromatic heterocycles. The van der Waals surface area contributed by atoms with Crippen LogP contribution in [0.1, 0.15) is 45.0 Å². The number of amides is 2. The van der Waals surface area contributed by atoms with Crippen LogP contribution in [0.5, 0.6) is 0 Å². The first kappa shape index (κ1) is 19.9. The molecule has 0 unspecified atom stereocenters. The third-order valence-electron chi connectivity index (χ3n) is 4.10. The van der Waals surface area contributed by atoms with Crippen molar-refractivity contribution >= 4 is 17.9 Å². The van der Waals surface area contributed by atoms with E-state index in [9.17, 15) is 9.59 Å². The highest BCUT2D eigenvalue weighted by Gasteiger charge is 2.36. The number of rotatable bonds is 2. The van der Waals surface area contributed by atoms with E-state index >= 15 is 0 Å². The summed E-state index contributed by atoms with van der Waals surface area (Å²) in [5.41, 5.74) is -0.0711. The predicted octanol–water partition coefficient (Wildman–Crippen LogP) is 2.01. The van der Waals surface area contributed by atoms with Crippen molar-refractivity contribution in [2.45, 2.75) is 52.3 Å².